The number of thiocarbonyl (C=S) groups is 1. The van der Waals surface area contributed by atoms with Gasteiger partial charge in [0, 0.05) is 26.6 Å². The standard InChI is InChI=1S/C11H22N2O2S/c1-6-11(3,15-5)10(14)13(4)7-8(2)9(12)16/h8H,6-7H2,1-5H3,(H2,12,16). The molecule has 0 fully saturated rings. The molecule has 0 aromatic carbocycles. The summed E-state index contributed by atoms with van der Waals surface area (Å²) in [5.41, 5.74) is 4.76. The van der Waals surface area contributed by atoms with Gasteiger partial charge in [-0.05, 0) is 13.3 Å². The monoisotopic (exact) mass is 246 g/mol. The predicted molar refractivity (Wildman–Crippen MR) is 69.3 cm³/mol. The number of nitrogens with zero attached hydrogens (tertiary/aromatic N) is 1. The summed E-state index contributed by atoms with van der Waals surface area (Å²) in [4.78, 5) is 14.2. The molecule has 1 amide bonds. The van der Waals surface area contributed by atoms with Crippen LogP contribution < -0.4 is 5.73 Å². The van der Waals surface area contributed by atoms with Crippen LogP contribution in [0.2, 0.25) is 0 Å². The summed E-state index contributed by atoms with van der Waals surface area (Å²) in [5.74, 6) is -0.0255. The van der Waals surface area contributed by atoms with Gasteiger partial charge in [0.15, 0.2) is 0 Å². The number of ether oxygens (including phenoxy) is 1. The maximum Gasteiger partial charge on any atom is 0.254 e. The number of hydrogen-bond acceptors (Lipinski definition) is 3. The molecule has 0 aliphatic rings. The van der Waals surface area contributed by atoms with Crippen LogP contribution in [0.3, 0.4) is 0 Å². The van der Waals surface area contributed by atoms with E-state index in [-0.39, 0.29) is 11.8 Å². The first-order valence-corrected chi connectivity index (χ1v) is 5.79. The molecule has 0 aromatic heterocycles. The number of rotatable bonds is 6. The molecular formula is C11H22N2O2S. The Labute approximate surface area is 103 Å². The highest BCUT2D eigenvalue weighted by Gasteiger charge is 2.34. The second kappa shape index (κ2) is 6.15. The first-order valence-electron chi connectivity index (χ1n) is 5.38. The Bertz CT molecular complexity index is 265. The molecule has 0 radical (unpaired) electrons. The van der Waals surface area contributed by atoms with Crippen molar-refractivity contribution < 1.29 is 9.53 Å². The van der Waals surface area contributed by atoms with E-state index < -0.39 is 5.60 Å². The van der Waals surface area contributed by atoms with E-state index in [1.54, 1.807) is 26.0 Å². The lowest BCUT2D eigenvalue weighted by molar-refractivity contribution is -0.152. The van der Waals surface area contributed by atoms with Gasteiger partial charge in [-0.1, -0.05) is 26.1 Å². The SMILES string of the molecule is CCC(C)(OC)C(=O)N(C)CC(C)C(N)=S. The lowest BCUT2D eigenvalue weighted by Gasteiger charge is -2.31. The van der Waals surface area contributed by atoms with Crippen LogP contribution >= 0.6 is 12.2 Å². The zero-order valence-electron chi connectivity index (χ0n) is 10.7. The molecule has 2 atom stereocenters. The molecule has 4 nitrogen and oxygen atoms in total. The van der Waals surface area contributed by atoms with Gasteiger partial charge in [0.1, 0.15) is 5.60 Å². The Morgan fingerprint density at radius 3 is 2.44 bits per heavy atom. The van der Waals surface area contributed by atoms with Crippen molar-refractivity contribution in [3.63, 3.8) is 0 Å². The summed E-state index contributed by atoms with van der Waals surface area (Å²) in [7, 11) is 3.29. The average Bonchev–Trinajstić information content (AvgIpc) is 2.26. The Morgan fingerprint density at radius 1 is 1.62 bits per heavy atom. The van der Waals surface area contributed by atoms with Crippen molar-refractivity contribution in [3.05, 3.63) is 0 Å². The molecule has 0 rings (SSSR count). The second-order valence-electron chi connectivity index (χ2n) is 4.28. The molecule has 2 N–H and O–H groups in total. The van der Waals surface area contributed by atoms with E-state index in [1.165, 1.54) is 0 Å². The van der Waals surface area contributed by atoms with Gasteiger partial charge in [-0.3, -0.25) is 4.79 Å². The number of carbonyl (C=O) groups is 1. The molecule has 0 bridgehead atoms. The summed E-state index contributed by atoms with van der Waals surface area (Å²) in [6.07, 6.45) is 0.633. The second-order valence-corrected chi connectivity index (χ2v) is 4.75. The summed E-state index contributed by atoms with van der Waals surface area (Å²) in [6, 6.07) is 0. The van der Waals surface area contributed by atoms with Gasteiger partial charge in [0.2, 0.25) is 0 Å². The lowest BCUT2D eigenvalue weighted by Crippen LogP contribution is -2.48. The zero-order valence-corrected chi connectivity index (χ0v) is 11.6. The molecular weight excluding hydrogens is 224 g/mol. The van der Waals surface area contributed by atoms with Crippen molar-refractivity contribution in [3.8, 4) is 0 Å². The average molecular weight is 246 g/mol. The van der Waals surface area contributed by atoms with Gasteiger partial charge in [0.25, 0.3) is 5.91 Å². The smallest absolute Gasteiger partial charge is 0.254 e. The number of likely N-dealkylation sites (N-methyl/N-ethyl adjacent to an activating group) is 1. The van der Waals surface area contributed by atoms with E-state index in [0.717, 1.165) is 0 Å². The molecule has 5 heteroatoms. The van der Waals surface area contributed by atoms with Crippen molar-refractivity contribution in [2.45, 2.75) is 32.8 Å². The molecule has 16 heavy (non-hydrogen) atoms. The lowest BCUT2D eigenvalue weighted by atomic mass is 10.0. The van der Waals surface area contributed by atoms with Crippen LogP contribution in [0.25, 0.3) is 0 Å². The number of nitrogens with two attached hydrogens (primary N) is 1. The summed E-state index contributed by atoms with van der Waals surface area (Å²) < 4.78 is 5.26. The Kier molecular flexibility index (Phi) is 5.89. The number of amides is 1. The largest absolute Gasteiger partial charge is 0.393 e. The molecule has 0 aromatic rings. The van der Waals surface area contributed by atoms with E-state index in [1.807, 2.05) is 13.8 Å². The molecule has 0 aliphatic carbocycles. The molecule has 2 unspecified atom stereocenters. The van der Waals surface area contributed by atoms with Gasteiger partial charge in [-0.2, -0.15) is 0 Å². The zero-order chi connectivity index (χ0) is 12.9. The van der Waals surface area contributed by atoms with Crippen molar-refractivity contribution in [1.82, 2.24) is 4.90 Å². The third kappa shape index (κ3) is 3.72. The topological polar surface area (TPSA) is 55.6 Å². The van der Waals surface area contributed by atoms with Gasteiger partial charge in [-0.25, -0.2) is 0 Å². The van der Waals surface area contributed by atoms with Gasteiger partial charge < -0.3 is 15.4 Å². The van der Waals surface area contributed by atoms with Crippen LogP contribution in [0.1, 0.15) is 27.2 Å². The summed E-state index contributed by atoms with van der Waals surface area (Å²) in [5, 5.41) is 0. The normalized spacial score (nSPS) is 16.3. The van der Waals surface area contributed by atoms with Crippen molar-refractivity contribution in [2.24, 2.45) is 11.7 Å². The fraction of sp³-hybridized carbons (Fsp3) is 0.818. The van der Waals surface area contributed by atoms with E-state index in [0.29, 0.717) is 18.0 Å². The number of hydrogen-bond donors (Lipinski definition) is 1. The molecule has 0 saturated carbocycles. The predicted octanol–water partition coefficient (Wildman–Crippen LogP) is 1.18. The van der Waals surface area contributed by atoms with Crippen LogP contribution in [-0.2, 0) is 9.53 Å². The number of methoxy groups -OCH3 is 1. The Morgan fingerprint density at radius 2 is 2.12 bits per heavy atom. The van der Waals surface area contributed by atoms with Gasteiger partial charge >= 0.3 is 0 Å². The van der Waals surface area contributed by atoms with E-state index in [4.69, 9.17) is 22.7 Å². The third-order valence-electron chi connectivity index (χ3n) is 2.96. The van der Waals surface area contributed by atoms with Crippen molar-refractivity contribution in [2.75, 3.05) is 20.7 Å². The first-order chi connectivity index (χ1) is 7.28. The minimum Gasteiger partial charge on any atom is -0.393 e. The molecule has 0 heterocycles. The minimum absolute atomic E-state index is 0.0157. The highest BCUT2D eigenvalue weighted by molar-refractivity contribution is 7.80. The van der Waals surface area contributed by atoms with Crippen molar-refractivity contribution in [1.29, 1.82) is 0 Å². The van der Waals surface area contributed by atoms with Crippen LogP contribution in [-0.4, -0.2) is 42.1 Å². The molecule has 0 spiro atoms. The Hall–Kier alpha value is -0.680. The molecule has 0 aliphatic heterocycles. The minimum atomic E-state index is -0.759. The highest BCUT2D eigenvalue weighted by Crippen LogP contribution is 2.17. The first kappa shape index (κ1) is 15.3. The van der Waals surface area contributed by atoms with Gasteiger partial charge in [-0.15, -0.1) is 0 Å². The fourth-order valence-corrected chi connectivity index (χ4v) is 1.44. The van der Waals surface area contributed by atoms with Crippen LogP contribution in [0.15, 0.2) is 0 Å². The number of carbonyl (C=O) groups excluding carboxylic acids is 1. The van der Waals surface area contributed by atoms with E-state index >= 15 is 0 Å². The van der Waals surface area contributed by atoms with E-state index in [2.05, 4.69) is 0 Å². The highest BCUT2D eigenvalue weighted by atomic mass is 32.1. The van der Waals surface area contributed by atoms with Crippen molar-refractivity contribution >= 4 is 23.1 Å². The Balaban J connectivity index is 4.55. The van der Waals surface area contributed by atoms with Crippen LogP contribution in [0.4, 0.5) is 0 Å². The maximum atomic E-state index is 12.1. The van der Waals surface area contributed by atoms with Crippen LogP contribution in [0.5, 0.6) is 0 Å². The van der Waals surface area contributed by atoms with Gasteiger partial charge in [0.05, 0.1) is 4.99 Å². The van der Waals surface area contributed by atoms with E-state index in [9.17, 15) is 4.79 Å². The molecule has 0 saturated heterocycles. The maximum absolute atomic E-state index is 12.1. The quantitative estimate of drug-likeness (QED) is 0.715. The third-order valence-corrected chi connectivity index (χ3v) is 3.36. The molecule has 94 valence electrons. The fourth-order valence-electron chi connectivity index (χ4n) is 1.37. The summed E-state index contributed by atoms with van der Waals surface area (Å²) >= 11 is 4.88. The van der Waals surface area contributed by atoms with Crippen LogP contribution in [0, 0.1) is 5.92 Å². The summed E-state index contributed by atoms with van der Waals surface area (Å²) in [6.45, 7) is 6.14.